The standard InChI is InChI=1S/C21H17FN4O/c22-17-8-2-4-10-19(17)27-13-12-24-21-16-7-1-3-9-18(16)25-20(26-21)15-6-5-11-23-14-15/h1-11,14H,12-13H2,(H,24,25,26). The number of anilines is 1. The number of nitrogens with zero attached hydrogens (tertiary/aromatic N) is 3. The monoisotopic (exact) mass is 360 g/mol. The largest absolute Gasteiger partial charge is 0.489 e. The summed E-state index contributed by atoms with van der Waals surface area (Å²) in [7, 11) is 0. The van der Waals surface area contributed by atoms with Gasteiger partial charge in [0.2, 0.25) is 0 Å². The molecule has 0 aliphatic carbocycles. The third kappa shape index (κ3) is 3.84. The third-order valence-corrected chi connectivity index (χ3v) is 4.01. The topological polar surface area (TPSA) is 59.9 Å². The third-order valence-electron chi connectivity index (χ3n) is 4.01. The van der Waals surface area contributed by atoms with Gasteiger partial charge in [-0.05, 0) is 36.4 Å². The summed E-state index contributed by atoms with van der Waals surface area (Å²) in [4.78, 5) is 13.4. The molecular weight excluding hydrogens is 343 g/mol. The number of nitrogens with one attached hydrogen (secondary N) is 1. The average molecular weight is 360 g/mol. The van der Waals surface area contributed by atoms with Gasteiger partial charge >= 0.3 is 0 Å². The van der Waals surface area contributed by atoms with Crippen molar-refractivity contribution in [2.75, 3.05) is 18.5 Å². The highest BCUT2D eigenvalue weighted by atomic mass is 19.1. The Morgan fingerprint density at radius 3 is 2.63 bits per heavy atom. The zero-order valence-electron chi connectivity index (χ0n) is 14.5. The molecule has 0 aliphatic rings. The Morgan fingerprint density at radius 1 is 0.926 bits per heavy atom. The number of rotatable bonds is 6. The van der Waals surface area contributed by atoms with Crippen LogP contribution in [0, 0.1) is 5.82 Å². The maximum Gasteiger partial charge on any atom is 0.165 e. The molecule has 0 fully saturated rings. The molecule has 4 rings (SSSR count). The van der Waals surface area contributed by atoms with Crippen LogP contribution < -0.4 is 10.1 Å². The number of hydrogen-bond donors (Lipinski definition) is 1. The Kier molecular flexibility index (Phi) is 4.87. The van der Waals surface area contributed by atoms with Crippen LogP contribution in [0.1, 0.15) is 0 Å². The lowest BCUT2D eigenvalue weighted by atomic mass is 10.2. The van der Waals surface area contributed by atoms with Gasteiger partial charge in [0.05, 0.1) is 12.1 Å². The molecule has 0 atom stereocenters. The molecule has 2 aromatic carbocycles. The molecule has 1 N–H and O–H groups in total. The summed E-state index contributed by atoms with van der Waals surface area (Å²) in [5, 5.41) is 4.18. The number of pyridine rings is 1. The summed E-state index contributed by atoms with van der Waals surface area (Å²) in [6, 6.07) is 17.9. The molecule has 27 heavy (non-hydrogen) atoms. The van der Waals surface area contributed by atoms with E-state index in [2.05, 4.69) is 20.3 Å². The van der Waals surface area contributed by atoms with Crippen LogP contribution in [0.4, 0.5) is 10.2 Å². The lowest BCUT2D eigenvalue weighted by molar-refractivity contribution is 0.315. The summed E-state index contributed by atoms with van der Waals surface area (Å²) in [5.74, 6) is 1.17. The second-order valence-corrected chi connectivity index (χ2v) is 5.86. The van der Waals surface area contributed by atoms with Crippen molar-refractivity contribution in [3.8, 4) is 17.1 Å². The van der Waals surface area contributed by atoms with E-state index in [0.717, 1.165) is 16.5 Å². The minimum Gasteiger partial charge on any atom is -0.489 e. The first kappa shape index (κ1) is 16.9. The fourth-order valence-corrected chi connectivity index (χ4v) is 2.73. The minimum atomic E-state index is -0.371. The van der Waals surface area contributed by atoms with Gasteiger partial charge in [-0.2, -0.15) is 0 Å². The first-order valence-electron chi connectivity index (χ1n) is 8.59. The number of fused-ring (bicyclic) bond motifs is 1. The maximum absolute atomic E-state index is 13.6. The lowest BCUT2D eigenvalue weighted by Crippen LogP contribution is -2.13. The molecule has 0 saturated carbocycles. The van der Waals surface area contributed by atoms with Gasteiger partial charge in [0, 0.05) is 23.3 Å². The van der Waals surface area contributed by atoms with Crippen molar-refractivity contribution in [1.29, 1.82) is 0 Å². The predicted octanol–water partition coefficient (Wildman–Crippen LogP) is 4.32. The van der Waals surface area contributed by atoms with Crippen molar-refractivity contribution >= 4 is 16.7 Å². The Morgan fingerprint density at radius 2 is 1.78 bits per heavy atom. The molecular formula is C21H17FN4O. The highest BCUT2D eigenvalue weighted by Crippen LogP contribution is 2.24. The Bertz CT molecular complexity index is 1060. The Labute approximate surface area is 155 Å². The Hall–Kier alpha value is -3.54. The predicted molar refractivity (Wildman–Crippen MR) is 103 cm³/mol. The molecule has 0 radical (unpaired) electrons. The van der Waals surface area contributed by atoms with Crippen molar-refractivity contribution in [2.45, 2.75) is 0 Å². The second-order valence-electron chi connectivity index (χ2n) is 5.86. The van der Waals surface area contributed by atoms with Crippen molar-refractivity contribution in [3.05, 3.63) is 78.9 Å². The molecule has 134 valence electrons. The molecule has 0 aliphatic heterocycles. The van der Waals surface area contributed by atoms with Crippen LogP contribution in [0.15, 0.2) is 73.1 Å². The van der Waals surface area contributed by atoms with E-state index in [1.165, 1.54) is 6.07 Å². The van der Waals surface area contributed by atoms with Crippen LogP contribution in [0.2, 0.25) is 0 Å². The summed E-state index contributed by atoms with van der Waals surface area (Å²) in [6.45, 7) is 0.781. The molecule has 0 saturated heterocycles. The summed E-state index contributed by atoms with van der Waals surface area (Å²) < 4.78 is 19.1. The number of halogens is 1. The smallest absolute Gasteiger partial charge is 0.165 e. The molecule has 2 heterocycles. The van der Waals surface area contributed by atoms with Gasteiger partial charge in [-0.1, -0.05) is 24.3 Å². The van der Waals surface area contributed by atoms with Gasteiger partial charge in [-0.25, -0.2) is 14.4 Å². The van der Waals surface area contributed by atoms with Crippen molar-refractivity contribution < 1.29 is 9.13 Å². The van der Waals surface area contributed by atoms with Crippen LogP contribution in [0.5, 0.6) is 5.75 Å². The van der Waals surface area contributed by atoms with Gasteiger partial charge in [0.15, 0.2) is 17.4 Å². The van der Waals surface area contributed by atoms with E-state index < -0.39 is 0 Å². The average Bonchev–Trinajstić information content (AvgIpc) is 2.73. The van der Waals surface area contributed by atoms with Crippen LogP contribution >= 0.6 is 0 Å². The number of hydrogen-bond acceptors (Lipinski definition) is 5. The molecule has 0 bridgehead atoms. The van der Waals surface area contributed by atoms with Crippen LogP contribution in [-0.2, 0) is 0 Å². The zero-order valence-corrected chi connectivity index (χ0v) is 14.5. The normalized spacial score (nSPS) is 10.7. The van der Waals surface area contributed by atoms with E-state index in [9.17, 15) is 4.39 Å². The SMILES string of the molecule is Fc1ccccc1OCCNc1nc(-c2cccnc2)nc2ccccc12. The molecule has 2 aromatic heterocycles. The zero-order chi connectivity index (χ0) is 18.5. The lowest BCUT2D eigenvalue weighted by Gasteiger charge is -2.12. The minimum absolute atomic E-state index is 0.239. The molecule has 0 spiro atoms. The number of para-hydroxylation sites is 2. The number of aromatic nitrogens is 3. The van der Waals surface area contributed by atoms with E-state index in [1.54, 1.807) is 30.6 Å². The van der Waals surface area contributed by atoms with Crippen molar-refractivity contribution in [1.82, 2.24) is 15.0 Å². The first-order valence-corrected chi connectivity index (χ1v) is 8.59. The van der Waals surface area contributed by atoms with Crippen LogP contribution in [-0.4, -0.2) is 28.1 Å². The highest BCUT2D eigenvalue weighted by molar-refractivity contribution is 5.90. The van der Waals surface area contributed by atoms with Crippen LogP contribution in [0.3, 0.4) is 0 Å². The maximum atomic E-state index is 13.6. The van der Waals surface area contributed by atoms with Gasteiger partial charge in [-0.15, -0.1) is 0 Å². The molecule has 4 aromatic rings. The summed E-state index contributed by atoms with van der Waals surface area (Å²) in [6.07, 6.45) is 3.44. The molecule has 0 unspecified atom stereocenters. The number of ether oxygens (including phenoxy) is 1. The van der Waals surface area contributed by atoms with Gasteiger partial charge in [0.1, 0.15) is 12.4 Å². The molecule has 5 nitrogen and oxygen atoms in total. The van der Waals surface area contributed by atoms with Gasteiger partial charge < -0.3 is 10.1 Å². The number of benzene rings is 2. The van der Waals surface area contributed by atoms with Crippen LogP contribution in [0.25, 0.3) is 22.3 Å². The molecule has 0 amide bonds. The second kappa shape index (κ2) is 7.78. The van der Waals surface area contributed by atoms with E-state index in [-0.39, 0.29) is 11.6 Å². The van der Waals surface area contributed by atoms with E-state index in [0.29, 0.717) is 24.8 Å². The van der Waals surface area contributed by atoms with Crippen molar-refractivity contribution in [2.24, 2.45) is 0 Å². The highest BCUT2D eigenvalue weighted by Gasteiger charge is 2.09. The quantitative estimate of drug-likeness (QED) is 0.519. The fraction of sp³-hybridized carbons (Fsp3) is 0.0952. The van der Waals surface area contributed by atoms with Gasteiger partial charge in [0.25, 0.3) is 0 Å². The summed E-state index contributed by atoms with van der Waals surface area (Å²) >= 11 is 0. The fourth-order valence-electron chi connectivity index (χ4n) is 2.73. The van der Waals surface area contributed by atoms with E-state index >= 15 is 0 Å². The van der Waals surface area contributed by atoms with Crippen molar-refractivity contribution in [3.63, 3.8) is 0 Å². The molecule has 6 heteroatoms. The first-order chi connectivity index (χ1) is 13.3. The summed E-state index contributed by atoms with van der Waals surface area (Å²) in [5.41, 5.74) is 1.68. The Balaban J connectivity index is 1.54. The van der Waals surface area contributed by atoms with E-state index in [1.807, 2.05) is 36.4 Å². The van der Waals surface area contributed by atoms with E-state index in [4.69, 9.17) is 4.74 Å². The van der Waals surface area contributed by atoms with Gasteiger partial charge in [-0.3, -0.25) is 4.98 Å².